The number of hydrogen-bond acceptors (Lipinski definition) is 3. The Balaban J connectivity index is 2.27. The Hall–Kier alpha value is -1.39. The normalized spacial score (nSPS) is 12.2. The second kappa shape index (κ2) is 6.86. The Labute approximate surface area is 128 Å². The molecule has 0 bridgehead atoms. The highest BCUT2D eigenvalue weighted by atomic mass is 79.9. The average molecular weight is 335 g/mol. The largest absolute Gasteiger partial charge is 0.496 e. The molecule has 106 valence electrons. The molecule has 1 aromatic heterocycles. The van der Waals surface area contributed by atoms with Gasteiger partial charge in [0, 0.05) is 10.7 Å². The van der Waals surface area contributed by atoms with Gasteiger partial charge in [-0.15, -0.1) is 0 Å². The van der Waals surface area contributed by atoms with Crippen LogP contribution in [-0.2, 0) is 12.8 Å². The summed E-state index contributed by atoms with van der Waals surface area (Å²) < 4.78 is 6.42. The quantitative estimate of drug-likeness (QED) is 0.907. The first-order valence-electron chi connectivity index (χ1n) is 6.67. The van der Waals surface area contributed by atoms with Crippen LogP contribution in [0, 0.1) is 0 Å². The Morgan fingerprint density at radius 2 is 2.10 bits per heavy atom. The van der Waals surface area contributed by atoms with Crippen molar-refractivity contribution in [2.24, 2.45) is 5.73 Å². The number of nitrogens with zero attached hydrogens (tertiary/aromatic N) is 1. The topological polar surface area (TPSA) is 48.1 Å². The van der Waals surface area contributed by atoms with Gasteiger partial charge in [0.05, 0.1) is 18.8 Å². The van der Waals surface area contributed by atoms with Crippen LogP contribution in [0.4, 0.5) is 0 Å². The minimum absolute atomic E-state index is 0.130. The van der Waals surface area contributed by atoms with Gasteiger partial charge in [0.25, 0.3) is 0 Å². The molecule has 1 atom stereocenters. The summed E-state index contributed by atoms with van der Waals surface area (Å²) in [7, 11) is 1.68. The van der Waals surface area contributed by atoms with Gasteiger partial charge in [-0.2, -0.15) is 0 Å². The second-order valence-electron chi connectivity index (χ2n) is 4.67. The first-order chi connectivity index (χ1) is 9.65. The summed E-state index contributed by atoms with van der Waals surface area (Å²) in [5.74, 6) is 0.859. The van der Waals surface area contributed by atoms with Gasteiger partial charge in [-0.1, -0.05) is 28.9 Å². The zero-order chi connectivity index (χ0) is 14.5. The van der Waals surface area contributed by atoms with Crippen LogP contribution in [0.25, 0.3) is 0 Å². The monoisotopic (exact) mass is 334 g/mol. The first-order valence-corrected chi connectivity index (χ1v) is 7.46. The van der Waals surface area contributed by atoms with E-state index >= 15 is 0 Å². The Morgan fingerprint density at radius 1 is 1.30 bits per heavy atom. The third-order valence-electron chi connectivity index (χ3n) is 3.34. The Morgan fingerprint density at radius 3 is 2.80 bits per heavy atom. The Kier molecular flexibility index (Phi) is 5.15. The SMILES string of the molecule is CCc1cccnc1C(N)Cc1cc(Br)ccc1OC. The molecular weight excluding hydrogens is 316 g/mol. The molecule has 2 N–H and O–H groups in total. The predicted molar refractivity (Wildman–Crippen MR) is 84.9 cm³/mol. The summed E-state index contributed by atoms with van der Waals surface area (Å²) in [6.07, 6.45) is 3.44. The van der Waals surface area contributed by atoms with Crippen LogP contribution in [0.3, 0.4) is 0 Å². The lowest BCUT2D eigenvalue weighted by Crippen LogP contribution is -2.17. The summed E-state index contributed by atoms with van der Waals surface area (Å²) in [6.45, 7) is 2.12. The van der Waals surface area contributed by atoms with E-state index in [9.17, 15) is 0 Å². The number of rotatable bonds is 5. The third kappa shape index (κ3) is 3.38. The molecule has 1 aromatic carbocycles. The predicted octanol–water partition coefficient (Wildman–Crippen LogP) is 3.66. The summed E-state index contributed by atoms with van der Waals surface area (Å²) >= 11 is 3.49. The van der Waals surface area contributed by atoms with Gasteiger partial charge in [0.2, 0.25) is 0 Å². The van der Waals surface area contributed by atoms with E-state index in [0.29, 0.717) is 6.42 Å². The lowest BCUT2D eigenvalue weighted by atomic mass is 9.98. The van der Waals surface area contributed by atoms with Gasteiger partial charge in [0.15, 0.2) is 0 Å². The van der Waals surface area contributed by atoms with Crippen molar-refractivity contribution < 1.29 is 4.74 Å². The van der Waals surface area contributed by atoms with E-state index in [1.165, 1.54) is 5.56 Å². The number of halogens is 1. The van der Waals surface area contributed by atoms with Crippen LogP contribution in [0.1, 0.15) is 29.8 Å². The molecule has 2 aromatic rings. The number of pyridine rings is 1. The number of ether oxygens (including phenoxy) is 1. The summed E-state index contributed by atoms with van der Waals surface area (Å²) in [6, 6.07) is 9.87. The molecule has 0 aliphatic heterocycles. The van der Waals surface area contributed by atoms with E-state index in [1.807, 2.05) is 24.3 Å². The maximum absolute atomic E-state index is 6.34. The zero-order valence-corrected chi connectivity index (χ0v) is 13.4. The molecule has 0 fully saturated rings. The van der Waals surface area contributed by atoms with E-state index in [4.69, 9.17) is 10.5 Å². The molecule has 0 radical (unpaired) electrons. The van der Waals surface area contributed by atoms with E-state index in [-0.39, 0.29) is 6.04 Å². The molecule has 20 heavy (non-hydrogen) atoms. The lowest BCUT2D eigenvalue weighted by Gasteiger charge is -2.16. The van der Waals surface area contributed by atoms with E-state index in [1.54, 1.807) is 13.3 Å². The van der Waals surface area contributed by atoms with Crippen molar-refractivity contribution in [3.8, 4) is 5.75 Å². The molecule has 0 saturated carbocycles. The average Bonchev–Trinajstić information content (AvgIpc) is 2.47. The van der Waals surface area contributed by atoms with Gasteiger partial charge in [-0.25, -0.2) is 0 Å². The van der Waals surface area contributed by atoms with Crippen LogP contribution in [-0.4, -0.2) is 12.1 Å². The van der Waals surface area contributed by atoms with Gasteiger partial charge in [0.1, 0.15) is 5.75 Å². The van der Waals surface area contributed by atoms with E-state index < -0.39 is 0 Å². The van der Waals surface area contributed by atoms with Gasteiger partial charge < -0.3 is 10.5 Å². The van der Waals surface area contributed by atoms with Crippen LogP contribution >= 0.6 is 15.9 Å². The lowest BCUT2D eigenvalue weighted by molar-refractivity contribution is 0.408. The minimum Gasteiger partial charge on any atom is -0.496 e. The van der Waals surface area contributed by atoms with Gasteiger partial charge in [-0.05, 0) is 48.2 Å². The highest BCUT2D eigenvalue weighted by Crippen LogP contribution is 2.27. The zero-order valence-electron chi connectivity index (χ0n) is 11.8. The Bertz CT molecular complexity index is 586. The van der Waals surface area contributed by atoms with E-state index in [0.717, 1.165) is 27.9 Å². The van der Waals surface area contributed by atoms with Crippen molar-refractivity contribution in [2.75, 3.05) is 7.11 Å². The number of benzene rings is 1. The van der Waals surface area contributed by atoms with Crippen LogP contribution < -0.4 is 10.5 Å². The van der Waals surface area contributed by atoms with E-state index in [2.05, 4.69) is 33.9 Å². The molecule has 1 unspecified atom stereocenters. The molecule has 0 aliphatic carbocycles. The van der Waals surface area contributed by atoms with Crippen molar-refractivity contribution in [1.29, 1.82) is 0 Å². The molecule has 1 heterocycles. The van der Waals surface area contributed by atoms with Crippen molar-refractivity contribution in [3.05, 3.63) is 57.8 Å². The molecule has 0 spiro atoms. The number of aromatic nitrogens is 1. The molecule has 3 nitrogen and oxygen atoms in total. The fourth-order valence-electron chi connectivity index (χ4n) is 2.32. The highest BCUT2D eigenvalue weighted by Gasteiger charge is 2.15. The molecule has 2 rings (SSSR count). The first kappa shape index (κ1) is 15.0. The third-order valence-corrected chi connectivity index (χ3v) is 3.83. The summed E-state index contributed by atoms with van der Waals surface area (Å²) in [5.41, 5.74) is 9.60. The van der Waals surface area contributed by atoms with Crippen molar-refractivity contribution >= 4 is 15.9 Å². The van der Waals surface area contributed by atoms with Gasteiger partial charge >= 0.3 is 0 Å². The summed E-state index contributed by atoms with van der Waals surface area (Å²) in [4.78, 5) is 4.45. The van der Waals surface area contributed by atoms with Crippen LogP contribution in [0.5, 0.6) is 5.75 Å². The molecular formula is C16H19BrN2O. The number of nitrogens with two attached hydrogens (primary N) is 1. The molecule has 0 saturated heterocycles. The fraction of sp³-hybridized carbons (Fsp3) is 0.312. The van der Waals surface area contributed by atoms with Crippen molar-refractivity contribution in [3.63, 3.8) is 0 Å². The maximum Gasteiger partial charge on any atom is 0.122 e. The van der Waals surface area contributed by atoms with Crippen LogP contribution in [0.15, 0.2) is 41.0 Å². The number of hydrogen-bond donors (Lipinski definition) is 1. The standard InChI is InChI=1S/C16H19BrN2O/c1-3-11-5-4-8-19-16(11)14(18)10-12-9-13(17)6-7-15(12)20-2/h4-9,14H,3,10,18H2,1-2H3. The molecule has 0 aliphatic rings. The highest BCUT2D eigenvalue weighted by molar-refractivity contribution is 9.10. The molecule has 0 amide bonds. The maximum atomic E-state index is 6.34. The number of methoxy groups -OCH3 is 1. The van der Waals surface area contributed by atoms with Gasteiger partial charge in [-0.3, -0.25) is 4.98 Å². The molecule has 4 heteroatoms. The summed E-state index contributed by atoms with van der Waals surface area (Å²) in [5, 5.41) is 0. The van der Waals surface area contributed by atoms with Crippen molar-refractivity contribution in [1.82, 2.24) is 4.98 Å². The van der Waals surface area contributed by atoms with Crippen molar-refractivity contribution in [2.45, 2.75) is 25.8 Å². The second-order valence-corrected chi connectivity index (χ2v) is 5.58. The number of aryl methyl sites for hydroxylation is 1. The minimum atomic E-state index is -0.130. The van der Waals surface area contributed by atoms with Crippen LogP contribution in [0.2, 0.25) is 0 Å². The smallest absolute Gasteiger partial charge is 0.122 e. The fourth-order valence-corrected chi connectivity index (χ4v) is 2.73.